The summed E-state index contributed by atoms with van der Waals surface area (Å²) in [6, 6.07) is -16.2. The lowest BCUT2D eigenvalue weighted by Gasteiger charge is -2.32. The van der Waals surface area contributed by atoms with Crippen LogP contribution in [-0.4, -0.2) is 233 Å². The van der Waals surface area contributed by atoms with Crippen molar-refractivity contribution in [1.29, 1.82) is 0 Å². The Kier molecular flexibility index (Phi) is 27.4. The summed E-state index contributed by atoms with van der Waals surface area (Å²) in [5.74, 6) is -15.8. The number of carboxylic acids is 2. The molecule has 3 saturated heterocycles. The van der Waals surface area contributed by atoms with E-state index in [0.717, 1.165) is 50.3 Å². The highest BCUT2D eigenvalue weighted by Crippen LogP contribution is 2.23. The molecule has 3 fully saturated rings. The van der Waals surface area contributed by atoms with Gasteiger partial charge in [-0.3, -0.25) is 43.3 Å². The lowest BCUT2D eigenvalue weighted by Crippen LogP contribution is -2.64. The highest BCUT2D eigenvalue weighted by molar-refractivity contribution is 6.00. The molecule has 0 aromatic rings. The first-order chi connectivity index (χ1) is 37.6. The third-order valence-corrected chi connectivity index (χ3v) is 13.8. The van der Waals surface area contributed by atoms with Gasteiger partial charge in [0, 0.05) is 19.6 Å². The maximum Gasteiger partial charge on any atom is 0.335 e. The van der Waals surface area contributed by atoms with Crippen molar-refractivity contribution in [3.63, 3.8) is 0 Å². The summed E-state index contributed by atoms with van der Waals surface area (Å²) in [5.41, 5.74) is 10.8. The molecular formula is C49H81N11O20. The minimum atomic E-state index is -2.81. The van der Waals surface area contributed by atoms with Crippen molar-refractivity contribution >= 4 is 71.1 Å². The summed E-state index contributed by atoms with van der Waals surface area (Å²) in [5, 5.41) is 97.2. The molecule has 14 unspecified atom stereocenters. The topological polar surface area (TPSA) is 502 Å². The number of nitrogens with two attached hydrogens (primary N) is 2. The van der Waals surface area contributed by atoms with Gasteiger partial charge in [0.2, 0.25) is 47.3 Å². The zero-order valence-electron chi connectivity index (χ0n) is 45.4. The van der Waals surface area contributed by atoms with Gasteiger partial charge in [0.05, 0.1) is 31.3 Å². The summed E-state index contributed by atoms with van der Waals surface area (Å²) in [7, 11) is 0. The number of nitrogens with zero attached hydrogens (tertiary/aromatic N) is 3. The van der Waals surface area contributed by atoms with Gasteiger partial charge >= 0.3 is 17.9 Å². The minimum Gasteiger partial charge on any atom is -0.479 e. The molecule has 14 atom stereocenters. The van der Waals surface area contributed by atoms with Crippen LogP contribution in [0.15, 0.2) is 4.99 Å². The van der Waals surface area contributed by atoms with Gasteiger partial charge in [-0.1, -0.05) is 58.8 Å². The van der Waals surface area contributed by atoms with Crippen molar-refractivity contribution in [2.45, 2.75) is 203 Å². The van der Waals surface area contributed by atoms with Gasteiger partial charge in [-0.05, 0) is 58.3 Å². The Balaban J connectivity index is 2.14. The Morgan fingerprint density at radius 2 is 1.12 bits per heavy atom. The lowest BCUT2D eigenvalue weighted by atomic mass is 10.0. The number of carbonyl (C=O) groups is 11. The van der Waals surface area contributed by atoms with Crippen LogP contribution in [-0.2, 0) is 57.5 Å². The molecule has 80 heavy (non-hydrogen) atoms. The lowest BCUT2D eigenvalue weighted by molar-refractivity contribution is -0.165. The predicted molar refractivity (Wildman–Crippen MR) is 276 cm³/mol. The first-order valence-corrected chi connectivity index (χ1v) is 26.8. The molecule has 3 rings (SSSR count). The van der Waals surface area contributed by atoms with Crippen molar-refractivity contribution < 1.29 is 98.3 Å². The number of carboxylic acid groups (broad SMARTS) is 2. The molecule has 31 heteroatoms. The van der Waals surface area contributed by atoms with Crippen LogP contribution in [0.2, 0.25) is 0 Å². The number of aliphatic hydroxyl groups is 6. The molecule has 0 spiro atoms. The van der Waals surface area contributed by atoms with Crippen LogP contribution in [0.25, 0.3) is 0 Å². The molecule has 0 radical (unpaired) electrons. The van der Waals surface area contributed by atoms with Gasteiger partial charge in [-0.25, -0.2) is 14.4 Å². The smallest absolute Gasteiger partial charge is 0.335 e. The number of carbonyl (C=O) groups excluding carboxylic acids is 9. The van der Waals surface area contributed by atoms with Gasteiger partial charge in [0.1, 0.15) is 48.4 Å². The second-order valence-electron chi connectivity index (χ2n) is 20.7. The van der Waals surface area contributed by atoms with Gasteiger partial charge in [-0.2, -0.15) is 0 Å². The van der Waals surface area contributed by atoms with Crippen LogP contribution < -0.4 is 43.4 Å². The number of nitrogens with one attached hydrogen (secondary N) is 6. The maximum absolute atomic E-state index is 14.1. The first-order valence-electron chi connectivity index (χ1n) is 26.8. The molecule has 452 valence electrons. The molecular weight excluding hydrogens is 1060 g/mol. The molecule has 31 nitrogen and oxygen atoms in total. The summed E-state index contributed by atoms with van der Waals surface area (Å²) >= 11 is 0. The van der Waals surface area contributed by atoms with Crippen molar-refractivity contribution in [3.8, 4) is 0 Å². The van der Waals surface area contributed by atoms with Crippen molar-refractivity contribution in [2.75, 3.05) is 26.2 Å². The van der Waals surface area contributed by atoms with Crippen molar-refractivity contribution in [3.05, 3.63) is 0 Å². The van der Waals surface area contributed by atoms with E-state index in [0.29, 0.717) is 23.7 Å². The molecule has 0 aromatic carbocycles. The van der Waals surface area contributed by atoms with Gasteiger partial charge in [0.25, 0.3) is 0 Å². The number of cyclic esters (lactones) is 1. The Morgan fingerprint density at radius 1 is 0.625 bits per heavy atom. The Morgan fingerprint density at radius 3 is 1.66 bits per heavy atom. The zero-order chi connectivity index (χ0) is 60.1. The van der Waals surface area contributed by atoms with Gasteiger partial charge in [0.15, 0.2) is 24.2 Å². The number of ether oxygens (including phenoxy) is 1. The number of aliphatic imine (C=N–C) groups is 1. The standard InChI is InChI=1S/C49H81N11O20/c1-23(2)13-10-8-6-5-7-9-11-14-26-21-31(65)56-32(25(4)62)40(69)53-24(3)44(73)59-19-16-29(63)35(59)42(71)54-27(15-12-18-52-49(50)51)39(68)57-33(37(66)46(75)76)41(70)55-28(22-61)45(74)60-20-17-30(64)36(60)43(72)58-34(48(79)80-26)38(67)47(77)78/h23-30,32-38,61-64,66-67H,5-22H2,1-4H3,(H,53,69)(H,54,71)(H,55,70)(H,56,65)(H,57,68)(H,58,72)(H,75,76)(H,77,78)(H4,50,51,52). The first kappa shape index (κ1) is 67.5. The number of fused-ring (bicyclic) bond motifs is 2. The van der Waals surface area contributed by atoms with Crippen LogP contribution in [0, 0.1) is 5.92 Å². The number of rotatable bonds is 20. The Labute approximate surface area is 461 Å². The summed E-state index contributed by atoms with van der Waals surface area (Å²) in [4.78, 5) is 155. The van der Waals surface area contributed by atoms with E-state index in [1.807, 2.05) is 16.0 Å². The number of unbranched alkanes of at least 4 members (excludes halogenated alkanes) is 6. The zero-order valence-corrected chi connectivity index (χ0v) is 45.4. The van der Waals surface area contributed by atoms with Crippen LogP contribution >= 0.6 is 0 Å². The molecule has 0 aromatic heterocycles. The number of guanidine groups is 1. The molecule has 8 amide bonds. The number of aliphatic hydroxyl groups excluding tert-OH is 6. The van der Waals surface area contributed by atoms with E-state index in [-0.39, 0.29) is 44.7 Å². The molecule has 0 aliphatic carbocycles. The molecule has 0 saturated carbocycles. The van der Waals surface area contributed by atoms with E-state index in [1.165, 1.54) is 6.92 Å². The van der Waals surface area contributed by atoms with E-state index in [2.05, 4.69) is 34.8 Å². The average Bonchev–Trinajstić information content (AvgIpc) is 3.99. The molecule has 0 bridgehead atoms. The van der Waals surface area contributed by atoms with E-state index in [1.54, 1.807) is 0 Å². The maximum atomic E-state index is 14.1. The Hall–Kier alpha value is -6.80. The van der Waals surface area contributed by atoms with Crippen LogP contribution in [0.3, 0.4) is 0 Å². The number of esters is 1. The highest BCUT2D eigenvalue weighted by atomic mass is 16.5. The van der Waals surface area contributed by atoms with E-state index in [4.69, 9.17) is 16.2 Å². The molecule has 3 aliphatic heterocycles. The summed E-state index contributed by atoms with van der Waals surface area (Å²) in [6.45, 7) is 4.27. The van der Waals surface area contributed by atoms with Crippen LogP contribution in [0.4, 0.5) is 0 Å². The van der Waals surface area contributed by atoms with Crippen LogP contribution in [0.5, 0.6) is 0 Å². The number of hydrogen-bond acceptors (Lipinski definition) is 19. The number of amides is 8. The number of aliphatic carboxylic acids is 2. The fourth-order valence-electron chi connectivity index (χ4n) is 9.39. The van der Waals surface area contributed by atoms with Gasteiger partial charge < -0.3 is 98.8 Å². The summed E-state index contributed by atoms with van der Waals surface area (Å²) < 4.78 is 5.59. The van der Waals surface area contributed by atoms with Crippen molar-refractivity contribution in [2.24, 2.45) is 22.4 Å². The van der Waals surface area contributed by atoms with Crippen LogP contribution in [0.1, 0.15) is 118 Å². The van der Waals surface area contributed by atoms with Crippen molar-refractivity contribution in [1.82, 2.24) is 41.7 Å². The second kappa shape index (κ2) is 32.5. The molecule has 3 heterocycles. The normalized spacial score (nSPS) is 28.5. The minimum absolute atomic E-state index is 0.0749. The second-order valence-corrected chi connectivity index (χ2v) is 20.7. The SMILES string of the molecule is CC(C)CCCCCCCCCC1CC(=O)NC(C(C)O)C(=O)NC(C)C(=O)N2CCC(O)C2C(=O)NC(CCCN=C(N)N)C(=O)NC(C(O)C(=O)O)C(=O)NC(CO)C(=O)N2CCC(O)C2C(=O)NC(C(O)C(=O)O)C(=O)O1. The van der Waals surface area contributed by atoms with E-state index >= 15 is 0 Å². The highest BCUT2D eigenvalue weighted by Gasteiger charge is 2.48. The third kappa shape index (κ3) is 20.1. The molecule has 3 aliphatic rings. The largest absolute Gasteiger partial charge is 0.479 e. The summed E-state index contributed by atoms with van der Waals surface area (Å²) in [6.07, 6.45) is -7.48. The number of hydrogen-bond donors (Lipinski definition) is 16. The molecule has 18 N–H and O–H groups in total. The van der Waals surface area contributed by atoms with Gasteiger partial charge in [-0.15, -0.1) is 0 Å². The third-order valence-electron chi connectivity index (χ3n) is 13.8. The monoisotopic (exact) mass is 1140 g/mol. The quantitative estimate of drug-likeness (QED) is 0.0233. The Bertz CT molecular complexity index is 2220. The van der Waals surface area contributed by atoms with E-state index < -0.39 is 176 Å². The van der Waals surface area contributed by atoms with E-state index in [9.17, 15) is 93.6 Å². The fourth-order valence-corrected chi connectivity index (χ4v) is 9.39. The predicted octanol–water partition coefficient (Wildman–Crippen LogP) is -6.36. The average molecular weight is 1140 g/mol. The fraction of sp³-hybridized carbons (Fsp3) is 0.755.